The van der Waals surface area contributed by atoms with Gasteiger partial charge in [0, 0.05) is 12.1 Å². The number of carboxylic acids is 1. The van der Waals surface area contributed by atoms with Crippen LogP contribution in [0.25, 0.3) is 0 Å². The monoisotopic (exact) mass is 283 g/mol. The first kappa shape index (κ1) is 16.4. The zero-order valence-corrected chi connectivity index (χ0v) is 12.2. The van der Waals surface area contributed by atoms with Crippen LogP contribution in [0, 0.1) is 5.82 Å². The third-order valence-corrected chi connectivity index (χ3v) is 2.93. The Morgan fingerprint density at radius 1 is 1.30 bits per heavy atom. The quantitative estimate of drug-likeness (QED) is 0.782. The van der Waals surface area contributed by atoms with Gasteiger partial charge in [-0.15, -0.1) is 0 Å². The lowest BCUT2D eigenvalue weighted by Gasteiger charge is -2.34. The highest BCUT2D eigenvalue weighted by Gasteiger charge is 2.22. The molecule has 0 aliphatic rings. The van der Waals surface area contributed by atoms with E-state index in [0.29, 0.717) is 25.3 Å². The van der Waals surface area contributed by atoms with Crippen molar-refractivity contribution in [3.8, 4) is 5.75 Å². The lowest BCUT2D eigenvalue weighted by Crippen LogP contribution is -2.45. The van der Waals surface area contributed by atoms with Crippen molar-refractivity contribution in [3.63, 3.8) is 0 Å². The topological polar surface area (TPSA) is 49.8 Å². The van der Waals surface area contributed by atoms with Crippen LogP contribution in [-0.2, 0) is 4.79 Å². The Morgan fingerprint density at radius 3 is 2.40 bits per heavy atom. The maximum Gasteiger partial charge on any atom is 0.317 e. The largest absolute Gasteiger partial charge is 0.494 e. The second-order valence-corrected chi connectivity index (χ2v) is 5.64. The molecular weight excluding hydrogens is 261 g/mol. The smallest absolute Gasteiger partial charge is 0.317 e. The molecule has 20 heavy (non-hydrogen) atoms. The molecule has 0 unspecified atom stereocenters. The maximum absolute atomic E-state index is 12.7. The number of hydrogen-bond acceptors (Lipinski definition) is 3. The van der Waals surface area contributed by atoms with E-state index in [-0.39, 0.29) is 17.9 Å². The van der Waals surface area contributed by atoms with Crippen molar-refractivity contribution >= 4 is 5.97 Å². The Hall–Kier alpha value is -1.62. The number of benzene rings is 1. The first-order chi connectivity index (χ1) is 9.29. The summed E-state index contributed by atoms with van der Waals surface area (Å²) < 4.78 is 18.2. The molecule has 0 amide bonds. The molecule has 5 heteroatoms. The summed E-state index contributed by atoms with van der Waals surface area (Å²) >= 11 is 0. The normalized spacial score (nSPS) is 11.7. The highest BCUT2D eigenvalue weighted by Crippen LogP contribution is 2.14. The third kappa shape index (κ3) is 6.02. The molecule has 1 N–H and O–H groups in total. The second-order valence-electron chi connectivity index (χ2n) is 5.64. The fraction of sp³-hybridized carbons (Fsp3) is 0.533. The molecule has 1 aromatic carbocycles. The van der Waals surface area contributed by atoms with Crippen molar-refractivity contribution in [2.24, 2.45) is 0 Å². The Morgan fingerprint density at radius 2 is 1.90 bits per heavy atom. The number of nitrogens with zero attached hydrogens (tertiary/aromatic N) is 1. The Bertz CT molecular complexity index is 426. The molecule has 0 radical (unpaired) electrons. The van der Waals surface area contributed by atoms with Crippen LogP contribution in [0.1, 0.15) is 27.2 Å². The minimum absolute atomic E-state index is 0.0139. The molecule has 0 atom stereocenters. The van der Waals surface area contributed by atoms with Gasteiger partial charge in [-0.05, 0) is 51.5 Å². The average molecular weight is 283 g/mol. The number of rotatable bonds is 7. The summed E-state index contributed by atoms with van der Waals surface area (Å²) in [6.07, 6.45) is 0.710. The molecule has 1 aromatic rings. The molecule has 0 aromatic heterocycles. The van der Waals surface area contributed by atoms with Crippen LogP contribution in [-0.4, -0.2) is 41.2 Å². The summed E-state index contributed by atoms with van der Waals surface area (Å²) in [5.74, 6) is -0.510. The van der Waals surface area contributed by atoms with Gasteiger partial charge in [0.25, 0.3) is 0 Å². The highest BCUT2D eigenvalue weighted by molar-refractivity contribution is 5.69. The number of halogens is 1. The fourth-order valence-corrected chi connectivity index (χ4v) is 1.79. The van der Waals surface area contributed by atoms with Crippen LogP contribution >= 0.6 is 0 Å². The van der Waals surface area contributed by atoms with Crippen LogP contribution in [0.2, 0.25) is 0 Å². The van der Waals surface area contributed by atoms with Gasteiger partial charge in [0.2, 0.25) is 0 Å². The predicted octanol–water partition coefficient (Wildman–Crippen LogP) is 2.78. The van der Waals surface area contributed by atoms with Crippen molar-refractivity contribution < 1.29 is 19.0 Å². The number of ether oxygens (including phenoxy) is 1. The Labute approximate surface area is 119 Å². The molecule has 0 saturated carbocycles. The van der Waals surface area contributed by atoms with E-state index in [2.05, 4.69) is 0 Å². The molecule has 4 nitrogen and oxygen atoms in total. The SMILES string of the molecule is CC(C)(C)N(CCCOc1ccc(F)cc1)CC(=O)O. The fourth-order valence-electron chi connectivity index (χ4n) is 1.79. The number of carboxylic acid groups (broad SMARTS) is 1. The van der Waals surface area contributed by atoms with Crippen LogP contribution in [0.3, 0.4) is 0 Å². The highest BCUT2D eigenvalue weighted by atomic mass is 19.1. The van der Waals surface area contributed by atoms with Crippen LogP contribution < -0.4 is 4.74 Å². The second kappa shape index (κ2) is 7.24. The summed E-state index contributed by atoms with van der Waals surface area (Å²) in [6.45, 7) is 7.07. The van der Waals surface area contributed by atoms with Gasteiger partial charge < -0.3 is 9.84 Å². The van der Waals surface area contributed by atoms with Crippen molar-refractivity contribution in [2.45, 2.75) is 32.7 Å². The Kier molecular flexibility index (Phi) is 5.95. The van der Waals surface area contributed by atoms with E-state index >= 15 is 0 Å². The van der Waals surface area contributed by atoms with Gasteiger partial charge in [-0.2, -0.15) is 0 Å². The molecule has 0 aliphatic carbocycles. The summed E-state index contributed by atoms with van der Waals surface area (Å²) in [5, 5.41) is 8.90. The van der Waals surface area contributed by atoms with E-state index in [1.165, 1.54) is 12.1 Å². The number of aliphatic carboxylic acids is 1. The Balaban J connectivity index is 2.37. The lowest BCUT2D eigenvalue weighted by molar-refractivity contribution is -0.139. The van der Waals surface area contributed by atoms with E-state index in [0.717, 1.165) is 0 Å². The van der Waals surface area contributed by atoms with Crippen molar-refractivity contribution in [1.29, 1.82) is 0 Å². The summed E-state index contributed by atoms with van der Waals surface area (Å²) in [6, 6.07) is 5.85. The van der Waals surface area contributed by atoms with Gasteiger partial charge in [-0.1, -0.05) is 0 Å². The van der Waals surface area contributed by atoms with E-state index in [1.54, 1.807) is 12.1 Å². The summed E-state index contributed by atoms with van der Waals surface area (Å²) in [7, 11) is 0. The zero-order chi connectivity index (χ0) is 15.2. The molecule has 0 spiro atoms. The first-order valence-electron chi connectivity index (χ1n) is 6.64. The van der Waals surface area contributed by atoms with Crippen LogP contribution in [0.5, 0.6) is 5.75 Å². The summed E-state index contributed by atoms with van der Waals surface area (Å²) in [5.41, 5.74) is -0.200. The number of carbonyl (C=O) groups is 1. The first-order valence-corrected chi connectivity index (χ1v) is 6.64. The average Bonchev–Trinajstić information content (AvgIpc) is 2.33. The minimum atomic E-state index is -0.834. The zero-order valence-electron chi connectivity index (χ0n) is 12.2. The maximum atomic E-state index is 12.7. The van der Waals surface area contributed by atoms with E-state index in [4.69, 9.17) is 9.84 Å². The van der Waals surface area contributed by atoms with Crippen LogP contribution in [0.15, 0.2) is 24.3 Å². The molecule has 0 bridgehead atoms. The molecule has 1 rings (SSSR count). The van der Waals surface area contributed by atoms with Crippen molar-refractivity contribution in [3.05, 3.63) is 30.1 Å². The molecule has 0 fully saturated rings. The van der Waals surface area contributed by atoms with Gasteiger partial charge >= 0.3 is 5.97 Å². The van der Waals surface area contributed by atoms with Gasteiger partial charge in [-0.3, -0.25) is 9.69 Å². The standard InChI is InChI=1S/C15H22FNO3/c1-15(2,3)17(11-14(18)19)9-4-10-20-13-7-5-12(16)6-8-13/h5-8H,4,9-11H2,1-3H3,(H,18,19). The van der Waals surface area contributed by atoms with Gasteiger partial charge in [0.1, 0.15) is 11.6 Å². The van der Waals surface area contributed by atoms with E-state index < -0.39 is 5.97 Å². The lowest BCUT2D eigenvalue weighted by atomic mass is 10.1. The van der Waals surface area contributed by atoms with Gasteiger partial charge in [0.05, 0.1) is 13.2 Å². The molecule has 0 saturated heterocycles. The third-order valence-electron chi connectivity index (χ3n) is 2.93. The van der Waals surface area contributed by atoms with Crippen LogP contribution in [0.4, 0.5) is 4.39 Å². The van der Waals surface area contributed by atoms with Gasteiger partial charge in [0.15, 0.2) is 0 Å². The van der Waals surface area contributed by atoms with Crippen molar-refractivity contribution in [2.75, 3.05) is 19.7 Å². The molecule has 0 aliphatic heterocycles. The minimum Gasteiger partial charge on any atom is -0.494 e. The van der Waals surface area contributed by atoms with Crippen molar-refractivity contribution in [1.82, 2.24) is 4.90 Å². The summed E-state index contributed by atoms with van der Waals surface area (Å²) in [4.78, 5) is 12.7. The molecular formula is C15H22FNO3. The predicted molar refractivity (Wildman–Crippen MR) is 75.5 cm³/mol. The van der Waals surface area contributed by atoms with Gasteiger partial charge in [-0.25, -0.2) is 4.39 Å². The molecule has 0 heterocycles. The number of hydrogen-bond donors (Lipinski definition) is 1. The molecule has 112 valence electrons. The van der Waals surface area contributed by atoms with E-state index in [1.807, 2.05) is 25.7 Å². The van der Waals surface area contributed by atoms with E-state index in [9.17, 15) is 9.18 Å².